The summed E-state index contributed by atoms with van der Waals surface area (Å²) in [6, 6.07) is 0. The first-order valence-electron chi connectivity index (χ1n) is 8.13. The maximum absolute atomic E-state index is 11.6. The number of imide groups is 1. The molecule has 1 N–H and O–H groups in total. The van der Waals surface area contributed by atoms with Gasteiger partial charge in [-0.05, 0) is 25.8 Å². The molecule has 0 saturated carbocycles. The number of allylic oxidation sites excluding steroid dienone is 2. The van der Waals surface area contributed by atoms with Crippen LogP contribution in [0.1, 0.15) is 63.3 Å². The van der Waals surface area contributed by atoms with Crippen LogP contribution in [-0.2, 0) is 9.59 Å². The molecular weight excluding hydrogens is 290 g/mol. The number of hydrogen-bond donors (Lipinski definition) is 1. The number of aryl methyl sites for hydroxylation is 1. The predicted octanol–water partition coefficient (Wildman–Crippen LogP) is 4.83. The summed E-state index contributed by atoms with van der Waals surface area (Å²) in [6.45, 7) is 18.5. The topological polar surface area (TPSA) is 59.3 Å². The number of piperidine rings is 1. The Labute approximate surface area is 140 Å². The number of carbonyl (C=O) groups excluding carboxylic acids is 2. The first kappa shape index (κ1) is 23.2. The largest absolute Gasteiger partial charge is 0.469 e. The zero-order chi connectivity index (χ0) is 18.4. The van der Waals surface area contributed by atoms with Crippen molar-refractivity contribution in [1.82, 2.24) is 5.32 Å². The van der Waals surface area contributed by atoms with Gasteiger partial charge in [0, 0.05) is 12.0 Å². The van der Waals surface area contributed by atoms with Crippen molar-refractivity contribution in [3.8, 4) is 0 Å². The van der Waals surface area contributed by atoms with E-state index >= 15 is 0 Å². The summed E-state index contributed by atoms with van der Waals surface area (Å²) in [4.78, 5) is 22.6. The van der Waals surface area contributed by atoms with Gasteiger partial charge in [0.05, 0.1) is 12.2 Å². The van der Waals surface area contributed by atoms with Gasteiger partial charge in [0.1, 0.15) is 5.76 Å². The first-order valence-corrected chi connectivity index (χ1v) is 8.13. The van der Waals surface area contributed by atoms with Crippen LogP contribution in [0.4, 0.5) is 0 Å². The van der Waals surface area contributed by atoms with E-state index in [-0.39, 0.29) is 17.7 Å². The van der Waals surface area contributed by atoms with Gasteiger partial charge in [0.25, 0.3) is 0 Å². The second-order valence-electron chi connectivity index (χ2n) is 4.35. The third kappa shape index (κ3) is 7.63. The lowest BCUT2D eigenvalue weighted by molar-refractivity contribution is -0.134. The molecule has 2 amide bonds. The minimum absolute atomic E-state index is 0.186. The van der Waals surface area contributed by atoms with E-state index in [0.29, 0.717) is 12.8 Å². The summed E-state index contributed by atoms with van der Waals surface area (Å²) < 4.78 is 5.26. The zero-order valence-electron chi connectivity index (χ0n) is 15.4. The van der Waals surface area contributed by atoms with Gasteiger partial charge in [-0.3, -0.25) is 14.9 Å². The molecule has 0 radical (unpaired) electrons. The Balaban J connectivity index is 0. The molecule has 1 unspecified atom stereocenters. The number of nitrogens with one attached hydrogen (secondary N) is 1. The summed E-state index contributed by atoms with van der Waals surface area (Å²) in [5, 5.41) is 2.34. The van der Waals surface area contributed by atoms with E-state index in [1.54, 1.807) is 18.4 Å². The Morgan fingerprint density at radius 3 is 2.00 bits per heavy atom. The molecule has 23 heavy (non-hydrogen) atoms. The molecule has 4 heteroatoms. The third-order valence-electron chi connectivity index (χ3n) is 3.11. The van der Waals surface area contributed by atoms with Crippen LogP contribution in [0.5, 0.6) is 0 Å². The van der Waals surface area contributed by atoms with Crippen molar-refractivity contribution in [2.45, 2.75) is 60.3 Å². The van der Waals surface area contributed by atoms with Crippen molar-refractivity contribution in [2.24, 2.45) is 0 Å². The SMILES string of the molecule is C=CC=C.CC.CC.Cc1occ(C2CCC(=O)NC2=O)c1C. The van der Waals surface area contributed by atoms with Crippen LogP contribution in [0.3, 0.4) is 0 Å². The van der Waals surface area contributed by atoms with Crippen molar-refractivity contribution < 1.29 is 14.0 Å². The Morgan fingerprint density at radius 1 is 1.13 bits per heavy atom. The van der Waals surface area contributed by atoms with Crippen LogP contribution < -0.4 is 5.32 Å². The molecule has 2 rings (SSSR count). The highest BCUT2D eigenvalue weighted by molar-refractivity contribution is 6.01. The van der Waals surface area contributed by atoms with Gasteiger partial charge >= 0.3 is 0 Å². The van der Waals surface area contributed by atoms with Crippen LogP contribution in [0.2, 0.25) is 0 Å². The molecule has 1 aliphatic heterocycles. The molecule has 0 bridgehead atoms. The van der Waals surface area contributed by atoms with Crippen LogP contribution in [0.15, 0.2) is 36.0 Å². The van der Waals surface area contributed by atoms with Crippen LogP contribution in [0.25, 0.3) is 0 Å². The predicted molar refractivity (Wildman–Crippen MR) is 96.4 cm³/mol. The van der Waals surface area contributed by atoms with E-state index < -0.39 is 0 Å². The minimum atomic E-state index is -0.236. The Bertz CT molecular complexity index is 495. The van der Waals surface area contributed by atoms with Gasteiger partial charge in [-0.1, -0.05) is 53.0 Å². The molecule has 0 aromatic carbocycles. The third-order valence-corrected chi connectivity index (χ3v) is 3.11. The molecule has 2 heterocycles. The zero-order valence-corrected chi connectivity index (χ0v) is 15.4. The normalized spacial score (nSPS) is 15.5. The van der Waals surface area contributed by atoms with Crippen LogP contribution >= 0.6 is 0 Å². The summed E-state index contributed by atoms with van der Waals surface area (Å²) >= 11 is 0. The lowest BCUT2D eigenvalue weighted by Crippen LogP contribution is -2.39. The molecule has 1 fully saturated rings. The highest BCUT2D eigenvalue weighted by Crippen LogP contribution is 2.29. The molecule has 130 valence electrons. The first-order chi connectivity index (χ1) is 11.0. The summed E-state index contributed by atoms with van der Waals surface area (Å²) in [6.07, 6.45) is 5.87. The van der Waals surface area contributed by atoms with Crippen LogP contribution in [0, 0.1) is 13.8 Å². The van der Waals surface area contributed by atoms with Gasteiger partial charge in [-0.2, -0.15) is 0 Å². The number of furan rings is 1. The fourth-order valence-corrected chi connectivity index (χ4v) is 1.87. The molecule has 0 aliphatic carbocycles. The minimum Gasteiger partial charge on any atom is -0.469 e. The number of amides is 2. The molecule has 1 saturated heterocycles. The standard InChI is InChI=1S/C11H13NO3.C4H6.2C2H6/c1-6-7(2)15-5-9(6)8-3-4-10(13)12-11(8)14;1-3-4-2;2*1-2/h5,8H,3-4H2,1-2H3,(H,12,13,14);3-4H,1-2H2;2*1-2H3. The second kappa shape index (κ2) is 13.6. The molecule has 1 aliphatic rings. The highest BCUT2D eigenvalue weighted by atomic mass is 16.3. The maximum atomic E-state index is 11.6. The fraction of sp³-hybridized carbons (Fsp3) is 0.474. The quantitative estimate of drug-likeness (QED) is 0.627. The van der Waals surface area contributed by atoms with E-state index in [4.69, 9.17) is 4.42 Å². The van der Waals surface area contributed by atoms with E-state index in [1.165, 1.54) is 0 Å². The average Bonchev–Trinajstić information content (AvgIpc) is 2.91. The van der Waals surface area contributed by atoms with Gasteiger partial charge in [-0.15, -0.1) is 0 Å². The van der Waals surface area contributed by atoms with Gasteiger partial charge in [-0.25, -0.2) is 0 Å². The van der Waals surface area contributed by atoms with E-state index in [0.717, 1.165) is 16.9 Å². The molecule has 4 nitrogen and oxygen atoms in total. The maximum Gasteiger partial charge on any atom is 0.234 e. The van der Waals surface area contributed by atoms with Crippen molar-refractivity contribution in [3.63, 3.8) is 0 Å². The number of hydrogen-bond acceptors (Lipinski definition) is 3. The lowest BCUT2D eigenvalue weighted by atomic mass is 9.90. The average molecular weight is 321 g/mol. The number of rotatable bonds is 2. The Kier molecular flexibility index (Phi) is 13.7. The van der Waals surface area contributed by atoms with Crippen molar-refractivity contribution in [2.75, 3.05) is 0 Å². The molecule has 1 aromatic heterocycles. The van der Waals surface area contributed by atoms with Crippen molar-refractivity contribution in [3.05, 3.63) is 48.5 Å². The Hall–Kier alpha value is -2.10. The monoisotopic (exact) mass is 321 g/mol. The summed E-state index contributed by atoms with van der Waals surface area (Å²) in [5.41, 5.74) is 1.90. The van der Waals surface area contributed by atoms with Crippen molar-refractivity contribution >= 4 is 11.8 Å². The summed E-state index contributed by atoms with van der Waals surface area (Å²) in [7, 11) is 0. The second-order valence-corrected chi connectivity index (χ2v) is 4.35. The molecular formula is C19H31NO3. The van der Waals surface area contributed by atoms with Crippen molar-refractivity contribution in [1.29, 1.82) is 0 Å². The summed E-state index contributed by atoms with van der Waals surface area (Å²) in [5.74, 6) is 0.194. The number of carbonyl (C=O) groups is 2. The molecule has 1 atom stereocenters. The van der Waals surface area contributed by atoms with Gasteiger partial charge in [0.15, 0.2) is 0 Å². The molecule has 0 spiro atoms. The highest BCUT2D eigenvalue weighted by Gasteiger charge is 2.30. The van der Waals surface area contributed by atoms with Crippen LogP contribution in [-0.4, -0.2) is 11.8 Å². The van der Waals surface area contributed by atoms with E-state index in [9.17, 15) is 9.59 Å². The Morgan fingerprint density at radius 2 is 1.65 bits per heavy atom. The lowest BCUT2D eigenvalue weighted by Gasteiger charge is -2.20. The fourth-order valence-electron chi connectivity index (χ4n) is 1.87. The van der Waals surface area contributed by atoms with Gasteiger partial charge in [0.2, 0.25) is 11.8 Å². The smallest absolute Gasteiger partial charge is 0.234 e. The van der Waals surface area contributed by atoms with Gasteiger partial charge < -0.3 is 4.42 Å². The van der Waals surface area contributed by atoms with E-state index in [1.807, 2.05) is 41.5 Å². The van der Waals surface area contributed by atoms with E-state index in [2.05, 4.69) is 18.5 Å². The molecule has 1 aromatic rings.